The topological polar surface area (TPSA) is 75.9 Å². The van der Waals surface area contributed by atoms with Gasteiger partial charge in [-0.05, 0) is 84.3 Å². The monoisotopic (exact) mass is 523 g/mol. The highest BCUT2D eigenvalue weighted by Crippen LogP contribution is 2.32. The van der Waals surface area contributed by atoms with Crippen LogP contribution in [0.5, 0.6) is 0 Å². The number of anilines is 2. The zero-order valence-electron chi connectivity index (χ0n) is 20.5. The maximum Gasteiger partial charge on any atom is 0.222 e. The zero-order valence-corrected chi connectivity index (χ0v) is 22.1. The third kappa shape index (κ3) is 6.46. The first-order chi connectivity index (χ1) is 17.5. The Kier molecular flexibility index (Phi) is 9.02. The van der Waals surface area contributed by atoms with E-state index in [-0.39, 0.29) is 5.82 Å². The van der Waals surface area contributed by atoms with Crippen LogP contribution in [0.15, 0.2) is 65.7 Å². The Hall–Kier alpha value is -2.87. The maximum absolute atomic E-state index is 14.8. The molecule has 8 heteroatoms. The fourth-order valence-corrected chi connectivity index (χ4v) is 5.10. The summed E-state index contributed by atoms with van der Waals surface area (Å²) in [6.07, 6.45) is 7.87. The SMILES string of the molecule is CCc1cc(-c2ccc(NSc3ccccc3Cl)c(F)c2)cc2cnc(NC)nc12.NC1CCCC1. The second-order valence-electron chi connectivity index (χ2n) is 8.74. The molecule has 5 nitrogen and oxygen atoms in total. The molecule has 5 rings (SSSR count). The minimum atomic E-state index is -0.327. The summed E-state index contributed by atoms with van der Waals surface area (Å²) < 4.78 is 17.8. The number of nitrogens with two attached hydrogens (primary N) is 1. The lowest BCUT2D eigenvalue weighted by atomic mass is 9.98. The summed E-state index contributed by atoms with van der Waals surface area (Å²) in [5.41, 5.74) is 9.68. The van der Waals surface area contributed by atoms with Crippen LogP contribution < -0.4 is 15.8 Å². The molecule has 4 N–H and O–H groups in total. The summed E-state index contributed by atoms with van der Waals surface area (Å²) in [5, 5.41) is 4.52. The van der Waals surface area contributed by atoms with Gasteiger partial charge >= 0.3 is 0 Å². The Morgan fingerprint density at radius 3 is 2.50 bits per heavy atom. The van der Waals surface area contributed by atoms with Gasteiger partial charge in [0.1, 0.15) is 5.82 Å². The first-order valence-electron chi connectivity index (χ1n) is 12.2. The molecule has 188 valence electrons. The molecule has 1 aliphatic rings. The van der Waals surface area contributed by atoms with E-state index in [1.165, 1.54) is 37.6 Å². The average molecular weight is 524 g/mol. The molecule has 0 saturated heterocycles. The van der Waals surface area contributed by atoms with Crippen molar-refractivity contribution in [1.29, 1.82) is 0 Å². The van der Waals surface area contributed by atoms with Crippen molar-refractivity contribution in [2.45, 2.75) is 50.0 Å². The number of hydrogen-bond donors (Lipinski definition) is 3. The van der Waals surface area contributed by atoms with Crippen molar-refractivity contribution < 1.29 is 4.39 Å². The normalized spacial score (nSPS) is 13.4. The van der Waals surface area contributed by atoms with E-state index in [4.69, 9.17) is 17.3 Å². The van der Waals surface area contributed by atoms with Gasteiger partial charge in [0.2, 0.25) is 5.95 Å². The largest absolute Gasteiger partial charge is 0.357 e. The Bertz CT molecular complexity index is 1330. The number of fused-ring (bicyclic) bond motifs is 1. The van der Waals surface area contributed by atoms with Crippen LogP contribution >= 0.6 is 23.5 Å². The molecule has 3 aromatic carbocycles. The molecule has 0 amide bonds. The number of hydrogen-bond acceptors (Lipinski definition) is 6. The van der Waals surface area contributed by atoms with Crippen LogP contribution in [0, 0.1) is 5.82 Å². The summed E-state index contributed by atoms with van der Waals surface area (Å²) in [5.74, 6) is 0.259. The summed E-state index contributed by atoms with van der Waals surface area (Å²) >= 11 is 7.45. The number of rotatable bonds is 6. The number of nitrogens with one attached hydrogen (secondary N) is 2. The van der Waals surface area contributed by atoms with Gasteiger partial charge in [0.05, 0.1) is 16.2 Å². The molecule has 4 aromatic rings. The second kappa shape index (κ2) is 12.4. The molecule has 0 bridgehead atoms. The van der Waals surface area contributed by atoms with Crippen LogP contribution in [0.3, 0.4) is 0 Å². The smallest absolute Gasteiger partial charge is 0.222 e. The van der Waals surface area contributed by atoms with E-state index in [2.05, 4.69) is 33.0 Å². The van der Waals surface area contributed by atoms with Gasteiger partial charge in [0, 0.05) is 29.6 Å². The highest BCUT2D eigenvalue weighted by molar-refractivity contribution is 8.00. The van der Waals surface area contributed by atoms with Crippen molar-refractivity contribution in [3.05, 3.63) is 77.2 Å². The van der Waals surface area contributed by atoms with Gasteiger partial charge in [-0.15, -0.1) is 0 Å². The van der Waals surface area contributed by atoms with Crippen molar-refractivity contribution in [3.63, 3.8) is 0 Å². The first kappa shape index (κ1) is 26.2. The van der Waals surface area contributed by atoms with E-state index >= 15 is 0 Å². The van der Waals surface area contributed by atoms with Crippen LogP contribution in [-0.2, 0) is 6.42 Å². The molecular weight excluding hydrogens is 493 g/mol. The molecule has 0 aliphatic heterocycles. The average Bonchev–Trinajstić information content (AvgIpc) is 3.39. The predicted molar refractivity (Wildman–Crippen MR) is 151 cm³/mol. The highest BCUT2D eigenvalue weighted by atomic mass is 35.5. The number of aromatic nitrogens is 2. The molecule has 1 fully saturated rings. The van der Waals surface area contributed by atoms with E-state index in [1.807, 2.05) is 30.3 Å². The zero-order chi connectivity index (χ0) is 25.5. The Balaban J connectivity index is 0.000000445. The molecule has 1 aromatic heterocycles. The van der Waals surface area contributed by atoms with Gasteiger partial charge < -0.3 is 15.8 Å². The lowest BCUT2D eigenvalue weighted by Gasteiger charge is -2.12. The van der Waals surface area contributed by atoms with Crippen LogP contribution in [0.25, 0.3) is 22.0 Å². The molecule has 1 heterocycles. The van der Waals surface area contributed by atoms with Gasteiger partial charge in [-0.25, -0.2) is 14.4 Å². The lowest BCUT2D eigenvalue weighted by molar-refractivity contribution is 0.633. The molecule has 0 spiro atoms. The fourth-order valence-electron chi connectivity index (χ4n) is 4.15. The van der Waals surface area contributed by atoms with Gasteiger partial charge in [0.15, 0.2) is 0 Å². The Morgan fingerprint density at radius 2 is 1.86 bits per heavy atom. The first-order valence-corrected chi connectivity index (χ1v) is 13.4. The van der Waals surface area contributed by atoms with Crippen molar-refractivity contribution in [2.75, 3.05) is 17.1 Å². The van der Waals surface area contributed by atoms with Gasteiger partial charge in [-0.1, -0.05) is 49.6 Å². The minimum absolute atomic E-state index is 0.327. The Labute approximate surface area is 221 Å². The molecule has 1 saturated carbocycles. The summed E-state index contributed by atoms with van der Waals surface area (Å²) in [4.78, 5) is 9.72. The molecular formula is C28H31ClFN5S. The van der Waals surface area contributed by atoms with Crippen molar-refractivity contribution in [1.82, 2.24) is 9.97 Å². The van der Waals surface area contributed by atoms with Crippen molar-refractivity contribution >= 4 is 46.1 Å². The van der Waals surface area contributed by atoms with E-state index in [0.29, 0.717) is 22.7 Å². The third-order valence-electron chi connectivity index (χ3n) is 6.18. The van der Waals surface area contributed by atoms with E-state index in [0.717, 1.165) is 38.9 Å². The third-order valence-corrected chi connectivity index (χ3v) is 7.52. The van der Waals surface area contributed by atoms with Gasteiger partial charge in [0.25, 0.3) is 0 Å². The lowest BCUT2D eigenvalue weighted by Crippen LogP contribution is -2.13. The van der Waals surface area contributed by atoms with Gasteiger partial charge in [-0.3, -0.25) is 0 Å². The molecule has 36 heavy (non-hydrogen) atoms. The minimum Gasteiger partial charge on any atom is -0.357 e. The van der Waals surface area contributed by atoms with Crippen LogP contribution in [0.4, 0.5) is 16.0 Å². The number of benzene rings is 3. The van der Waals surface area contributed by atoms with E-state index in [9.17, 15) is 4.39 Å². The molecule has 1 aliphatic carbocycles. The van der Waals surface area contributed by atoms with Crippen LogP contribution in [-0.4, -0.2) is 23.1 Å². The summed E-state index contributed by atoms with van der Waals surface area (Å²) in [6, 6.07) is 17.2. The highest BCUT2D eigenvalue weighted by Gasteiger charge is 2.11. The predicted octanol–water partition coefficient (Wildman–Crippen LogP) is 7.70. The second-order valence-corrected chi connectivity index (χ2v) is 10.00. The number of halogens is 2. The summed E-state index contributed by atoms with van der Waals surface area (Å²) in [7, 11) is 1.80. The molecule has 0 atom stereocenters. The number of nitrogens with zero attached hydrogens (tertiary/aromatic N) is 2. The Morgan fingerprint density at radius 1 is 1.08 bits per heavy atom. The van der Waals surface area contributed by atoms with E-state index < -0.39 is 0 Å². The number of aryl methyl sites for hydroxylation is 1. The summed E-state index contributed by atoms with van der Waals surface area (Å²) in [6.45, 7) is 2.08. The van der Waals surface area contributed by atoms with Gasteiger partial charge in [-0.2, -0.15) is 0 Å². The van der Waals surface area contributed by atoms with Crippen LogP contribution in [0.1, 0.15) is 38.2 Å². The fraction of sp³-hybridized carbons (Fsp3) is 0.286. The van der Waals surface area contributed by atoms with Crippen LogP contribution in [0.2, 0.25) is 5.02 Å². The molecule has 0 radical (unpaired) electrons. The quantitative estimate of drug-likeness (QED) is 0.225. The molecule has 0 unspecified atom stereocenters. The standard InChI is InChI=1S/C23H20ClFN4S.C5H11N/c1-3-14-10-16(11-17-13-27-23(26-2)28-22(14)17)15-8-9-20(19(25)12-15)29-30-21-7-5-4-6-18(21)24;6-5-3-1-2-4-5/h4-13,29H,3H2,1-2H3,(H,26,27,28);5H,1-4,6H2. The maximum atomic E-state index is 14.8. The van der Waals surface area contributed by atoms with Crippen molar-refractivity contribution in [3.8, 4) is 11.1 Å². The van der Waals surface area contributed by atoms with E-state index in [1.54, 1.807) is 31.4 Å². The van der Waals surface area contributed by atoms with Crippen molar-refractivity contribution in [2.24, 2.45) is 5.73 Å².